The fraction of sp³-hybridized carbons (Fsp3) is 0.583. The summed E-state index contributed by atoms with van der Waals surface area (Å²) in [6.07, 6.45) is 1.33. The van der Waals surface area contributed by atoms with Crippen molar-refractivity contribution in [3.05, 3.63) is 17.0 Å². The number of thiophene rings is 1. The molecule has 0 radical (unpaired) electrons. The van der Waals surface area contributed by atoms with E-state index in [0.717, 1.165) is 11.3 Å². The van der Waals surface area contributed by atoms with Crippen molar-refractivity contribution in [2.75, 3.05) is 6.61 Å². The lowest BCUT2D eigenvalue weighted by Crippen LogP contribution is -2.45. The molecule has 1 aromatic rings. The predicted molar refractivity (Wildman–Crippen MR) is 83.6 cm³/mol. The molecule has 1 saturated heterocycles. The van der Waals surface area contributed by atoms with Crippen molar-refractivity contribution in [2.45, 2.75) is 42.5 Å². The summed E-state index contributed by atoms with van der Waals surface area (Å²) in [4.78, 5) is 0.816. The average molecular weight is 334 g/mol. The highest BCUT2D eigenvalue weighted by Gasteiger charge is 2.32. The molecule has 0 aliphatic carbocycles. The van der Waals surface area contributed by atoms with Crippen LogP contribution in [0.2, 0.25) is 0 Å². The zero-order valence-corrected chi connectivity index (χ0v) is 13.8. The molecule has 1 atom stereocenters. The molecule has 0 saturated carbocycles. The Bertz CT molecular complexity index is 607. The summed E-state index contributed by atoms with van der Waals surface area (Å²) in [6, 6.07) is 3.06. The van der Waals surface area contributed by atoms with Crippen molar-refractivity contribution in [3.63, 3.8) is 0 Å². The minimum absolute atomic E-state index is 0.112. The molecule has 1 aromatic heterocycles. The molecule has 0 aromatic carbocycles. The molecule has 20 heavy (non-hydrogen) atoms. The summed E-state index contributed by atoms with van der Waals surface area (Å²) in [7, 11) is -3.53. The molecule has 112 valence electrons. The number of hydrogen-bond acceptors (Lipinski definition) is 5. The van der Waals surface area contributed by atoms with E-state index in [1.807, 2.05) is 13.8 Å². The molecule has 8 heteroatoms. The highest BCUT2D eigenvalue weighted by atomic mass is 32.2. The maximum atomic E-state index is 12.3. The number of nitrogens with two attached hydrogens (primary N) is 1. The van der Waals surface area contributed by atoms with Crippen LogP contribution in [0.4, 0.5) is 0 Å². The Morgan fingerprint density at radius 1 is 1.55 bits per heavy atom. The van der Waals surface area contributed by atoms with Crippen molar-refractivity contribution in [1.29, 1.82) is 0 Å². The summed E-state index contributed by atoms with van der Waals surface area (Å²) >= 11 is 5.93. The number of nitrogens with one attached hydrogen (secondary N) is 1. The second-order valence-corrected chi connectivity index (χ2v) is 8.87. The molecule has 0 amide bonds. The third kappa shape index (κ3) is 3.76. The van der Waals surface area contributed by atoms with Crippen molar-refractivity contribution in [1.82, 2.24) is 4.72 Å². The molecule has 2 heterocycles. The summed E-state index contributed by atoms with van der Waals surface area (Å²) in [5.41, 5.74) is 5.20. The van der Waals surface area contributed by atoms with Crippen molar-refractivity contribution >= 4 is 38.6 Å². The third-order valence-corrected chi connectivity index (χ3v) is 6.59. The second-order valence-electron chi connectivity index (χ2n) is 5.40. The van der Waals surface area contributed by atoms with Crippen LogP contribution in [-0.4, -0.2) is 31.7 Å². The summed E-state index contributed by atoms with van der Waals surface area (Å²) in [5, 5.41) is 0. The van der Waals surface area contributed by atoms with E-state index in [4.69, 9.17) is 22.7 Å². The summed E-state index contributed by atoms with van der Waals surface area (Å²) in [6.45, 7) is 4.48. The first-order chi connectivity index (χ1) is 9.20. The standard InChI is InChI=1S/C12H18N2O3S3/c1-12(2)7-8(5-6-17-12)14-20(15,16)10-4-3-9(19-10)11(13)18/h3-4,8,14H,5-7H2,1-2H3,(H2,13,18). The Morgan fingerprint density at radius 3 is 2.80 bits per heavy atom. The van der Waals surface area contributed by atoms with Crippen LogP contribution in [0.15, 0.2) is 16.3 Å². The largest absolute Gasteiger partial charge is 0.389 e. The molecule has 2 rings (SSSR count). The second kappa shape index (κ2) is 5.69. The van der Waals surface area contributed by atoms with Gasteiger partial charge in [-0.25, -0.2) is 13.1 Å². The van der Waals surface area contributed by atoms with Gasteiger partial charge in [-0.15, -0.1) is 11.3 Å². The topological polar surface area (TPSA) is 81.4 Å². The van der Waals surface area contributed by atoms with Gasteiger partial charge >= 0.3 is 0 Å². The number of rotatable bonds is 4. The minimum atomic E-state index is -3.53. The highest BCUT2D eigenvalue weighted by molar-refractivity contribution is 7.91. The van der Waals surface area contributed by atoms with E-state index >= 15 is 0 Å². The third-order valence-electron chi connectivity index (χ3n) is 3.11. The van der Waals surface area contributed by atoms with E-state index in [2.05, 4.69) is 4.72 Å². The molecule has 0 spiro atoms. The van der Waals surface area contributed by atoms with E-state index < -0.39 is 10.0 Å². The van der Waals surface area contributed by atoms with Gasteiger partial charge < -0.3 is 10.5 Å². The van der Waals surface area contributed by atoms with E-state index in [-0.39, 0.29) is 20.8 Å². The molecule has 1 unspecified atom stereocenters. The summed E-state index contributed by atoms with van der Waals surface area (Å²) < 4.78 is 33.2. The zero-order valence-electron chi connectivity index (χ0n) is 11.4. The van der Waals surface area contributed by atoms with Crippen LogP contribution in [-0.2, 0) is 14.8 Å². The quantitative estimate of drug-likeness (QED) is 0.818. The smallest absolute Gasteiger partial charge is 0.250 e. The van der Waals surface area contributed by atoms with E-state index in [1.165, 1.54) is 6.07 Å². The molecule has 5 nitrogen and oxygen atoms in total. The lowest BCUT2D eigenvalue weighted by atomic mass is 9.95. The van der Waals surface area contributed by atoms with Crippen molar-refractivity contribution < 1.29 is 13.2 Å². The van der Waals surface area contributed by atoms with Crippen molar-refractivity contribution in [2.24, 2.45) is 5.73 Å². The molecular formula is C12H18N2O3S3. The van der Waals surface area contributed by atoms with Gasteiger partial charge in [-0.2, -0.15) is 0 Å². The monoisotopic (exact) mass is 334 g/mol. The van der Waals surface area contributed by atoms with Gasteiger partial charge in [0.25, 0.3) is 0 Å². The zero-order chi connectivity index (χ0) is 15.0. The fourth-order valence-electron chi connectivity index (χ4n) is 2.21. The Balaban J connectivity index is 2.12. The number of thiocarbonyl (C=S) groups is 1. The maximum absolute atomic E-state index is 12.3. The Kier molecular flexibility index (Phi) is 4.50. The van der Waals surface area contributed by atoms with Crippen LogP contribution in [0.5, 0.6) is 0 Å². The van der Waals surface area contributed by atoms with Crippen LogP contribution in [0.25, 0.3) is 0 Å². The van der Waals surface area contributed by atoms with Gasteiger partial charge in [0.1, 0.15) is 9.20 Å². The van der Waals surface area contributed by atoms with E-state index in [0.29, 0.717) is 24.3 Å². The predicted octanol–water partition coefficient (Wildman–Crippen LogP) is 1.62. The SMILES string of the molecule is CC1(C)CC(NS(=O)(=O)c2ccc(C(N)=S)s2)CCO1. The molecule has 3 N–H and O–H groups in total. The number of ether oxygens (including phenoxy) is 1. The normalized spacial score (nSPS) is 22.6. The van der Waals surface area contributed by atoms with E-state index in [1.54, 1.807) is 6.07 Å². The number of sulfonamides is 1. The Hall–Kier alpha value is -0.540. The maximum Gasteiger partial charge on any atom is 0.250 e. The van der Waals surface area contributed by atoms with Gasteiger partial charge in [-0.1, -0.05) is 12.2 Å². The summed E-state index contributed by atoms with van der Waals surface area (Å²) in [5.74, 6) is 0. The van der Waals surface area contributed by atoms with Crippen LogP contribution in [0.3, 0.4) is 0 Å². The molecular weight excluding hydrogens is 316 g/mol. The fourth-order valence-corrected chi connectivity index (χ4v) is 4.85. The number of hydrogen-bond donors (Lipinski definition) is 2. The minimum Gasteiger partial charge on any atom is -0.389 e. The van der Waals surface area contributed by atoms with Gasteiger partial charge in [0, 0.05) is 12.6 Å². The van der Waals surface area contributed by atoms with Crippen LogP contribution in [0, 0.1) is 0 Å². The highest BCUT2D eigenvalue weighted by Crippen LogP contribution is 2.27. The first-order valence-electron chi connectivity index (χ1n) is 6.25. The Labute approximate surface area is 128 Å². The lowest BCUT2D eigenvalue weighted by Gasteiger charge is -2.35. The first kappa shape index (κ1) is 15.8. The molecule has 0 bridgehead atoms. The van der Waals surface area contributed by atoms with Crippen molar-refractivity contribution in [3.8, 4) is 0 Å². The lowest BCUT2D eigenvalue weighted by molar-refractivity contribution is -0.0599. The van der Waals surface area contributed by atoms with Gasteiger partial charge in [0.15, 0.2) is 0 Å². The molecule has 1 aliphatic heterocycles. The van der Waals surface area contributed by atoms with E-state index in [9.17, 15) is 8.42 Å². The Morgan fingerprint density at radius 2 is 2.25 bits per heavy atom. The first-order valence-corrected chi connectivity index (χ1v) is 8.96. The van der Waals surface area contributed by atoms with Crippen LogP contribution < -0.4 is 10.5 Å². The average Bonchev–Trinajstić information content (AvgIpc) is 2.76. The van der Waals surface area contributed by atoms with Gasteiger partial charge in [0.05, 0.1) is 10.5 Å². The molecule has 1 fully saturated rings. The molecule has 1 aliphatic rings. The van der Waals surface area contributed by atoms with Crippen LogP contribution in [0.1, 0.15) is 31.6 Å². The van der Waals surface area contributed by atoms with Crippen LogP contribution >= 0.6 is 23.6 Å². The van der Waals surface area contributed by atoms with Gasteiger partial charge in [-0.05, 0) is 38.8 Å². The van der Waals surface area contributed by atoms with Gasteiger partial charge in [-0.3, -0.25) is 0 Å². The van der Waals surface area contributed by atoms with Gasteiger partial charge in [0.2, 0.25) is 10.0 Å².